The van der Waals surface area contributed by atoms with Gasteiger partial charge in [0.05, 0.1) is 16.6 Å². The highest BCUT2D eigenvalue weighted by Gasteiger charge is 2.30. The molecule has 2 amide bonds. The van der Waals surface area contributed by atoms with E-state index in [4.69, 9.17) is 4.98 Å². The van der Waals surface area contributed by atoms with Crippen LogP contribution in [-0.4, -0.2) is 45.8 Å². The lowest BCUT2D eigenvalue weighted by Gasteiger charge is -2.18. The molecule has 6 nitrogen and oxygen atoms in total. The van der Waals surface area contributed by atoms with Gasteiger partial charge in [-0.1, -0.05) is 24.3 Å². The van der Waals surface area contributed by atoms with Gasteiger partial charge in [0.1, 0.15) is 0 Å². The second-order valence-corrected chi connectivity index (χ2v) is 8.89. The first-order chi connectivity index (χ1) is 16.0. The summed E-state index contributed by atoms with van der Waals surface area (Å²) >= 11 is 0. The van der Waals surface area contributed by atoms with Gasteiger partial charge in [0.2, 0.25) is 0 Å². The normalized spacial score (nSPS) is 16.0. The number of carbonyl (C=O) groups is 2. The lowest BCUT2D eigenvalue weighted by molar-refractivity contribution is 0.0790. The number of rotatable bonds is 4. The first kappa shape index (κ1) is 21.1. The van der Waals surface area contributed by atoms with Crippen LogP contribution in [0.5, 0.6) is 0 Å². The molecule has 1 fully saturated rings. The molecule has 1 saturated heterocycles. The predicted octanol–water partition coefficient (Wildman–Crippen LogP) is 4.55. The number of hydrogen-bond acceptors (Lipinski definition) is 4. The summed E-state index contributed by atoms with van der Waals surface area (Å²) in [5, 5.41) is 4.79. The van der Waals surface area contributed by atoms with Gasteiger partial charge in [-0.3, -0.25) is 19.6 Å². The summed E-state index contributed by atoms with van der Waals surface area (Å²) in [5.74, 6) is 0.00801. The van der Waals surface area contributed by atoms with Gasteiger partial charge < -0.3 is 10.2 Å². The molecule has 2 aromatic carbocycles. The van der Waals surface area contributed by atoms with E-state index in [9.17, 15) is 9.59 Å². The number of nitrogens with one attached hydrogen (secondary N) is 1. The van der Waals surface area contributed by atoms with Gasteiger partial charge in [-0.05, 0) is 56.7 Å². The van der Waals surface area contributed by atoms with Crippen LogP contribution in [0.2, 0.25) is 0 Å². The molecule has 1 N–H and O–H groups in total. The largest absolute Gasteiger partial charge is 0.350 e. The number of fused-ring (bicyclic) bond motifs is 2. The quantitative estimate of drug-likeness (QED) is 0.507. The molecule has 0 radical (unpaired) electrons. The summed E-state index contributed by atoms with van der Waals surface area (Å²) in [7, 11) is 0. The second kappa shape index (κ2) is 8.62. The third kappa shape index (κ3) is 4.16. The minimum Gasteiger partial charge on any atom is -0.350 e. The van der Waals surface area contributed by atoms with Crippen LogP contribution in [0.3, 0.4) is 0 Å². The monoisotopic (exact) mass is 438 g/mol. The Hall–Kier alpha value is -3.80. The minimum atomic E-state index is -0.0967. The summed E-state index contributed by atoms with van der Waals surface area (Å²) in [4.78, 5) is 37.2. The highest BCUT2D eigenvalue weighted by molar-refractivity contribution is 6.06. The van der Waals surface area contributed by atoms with Gasteiger partial charge in [0, 0.05) is 53.3 Å². The number of nitrogens with zero attached hydrogens (tertiary/aromatic N) is 3. The Bertz CT molecular complexity index is 1360. The van der Waals surface area contributed by atoms with Crippen molar-refractivity contribution in [3.63, 3.8) is 0 Å². The number of para-hydroxylation sites is 1. The third-order valence-electron chi connectivity index (χ3n) is 6.14. The molecule has 2 aromatic heterocycles. The van der Waals surface area contributed by atoms with Gasteiger partial charge in [0.25, 0.3) is 11.8 Å². The molecular formula is C27H26N4O2. The van der Waals surface area contributed by atoms with E-state index < -0.39 is 0 Å². The molecular weight excluding hydrogens is 412 g/mol. The van der Waals surface area contributed by atoms with Crippen LogP contribution < -0.4 is 5.32 Å². The lowest BCUT2D eigenvalue weighted by Crippen LogP contribution is -2.30. The van der Waals surface area contributed by atoms with Crippen LogP contribution >= 0.6 is 0 Å². The van der Waals surface area contributed by atoms with E-state index in [0.29, 0.717) is 24.2 Å². The number of hydrogen-bond donors (Lipinski definition) is 1. The van der Waals surface area contributed by atoms with Crippen molar-refractivity contribution in [2.24, 2.45) is 0 Å². The molecule has 166 valence electrons. The molecule has 3 heterocycles. The molecule has 33 heavy (non-hydrogen) atoms. The van der Waals surface area contributed by atoms with Crippen molar-refractivity contribution >= 4 is 33.6 Å². The summed E-state index contributed by atoms with van der Waals surface area (Å²) in [6.07, 6.45) is 2.57. The van der Waals surface area contributed by atoms with E-state index in [1.165, 1.54) is 0 Å². The Labute approximate surface area is 192 Å². The average Bonchev–Trinajstić information content (AvgIpc) is 3.32. The second-order valence-electron chi connectivity index (χ2n) is 8.89. The molecule has 5 rings (SSSR count). The summed E-state index contributed by atoms with van der Waals surface area (Å²) in [6.45, 7) is 5.15. The van der Waals surface area contributed by atoms with Gasteiger partial charge >= 0.3 is 0 Å². The van der Waals surface area contributed by atoms with Crippen LogP contribution in [-0.2, 0) is 0 Å². The molecule has 1 aliphatic heterocycles. The fraction of sp³-hybridized carbons (Fsp3) is 0.259. The summed E-state index contributed by atoms with van der Waals surface area (Å²) in [5.41, 5.74) is 3.84. The van der Waals surface area contributed by atoms with E-state index in [2.05, 4.69) is 10.3 Å². The van der Waals surface area contributed by atoms with Crippen molar-refractivity contribution in [1.82, 2.24) is 20.2 Å². The zero-order valence-electron chi connectivity index (χ0n) is 18.8. The predicted molar refractivity (Wildman–Crippen MR) is 129 cm³/mol. The first-order valence-electron chi connectivity index (χ1n) is 11.3. The smallest absolute Gasteiger partial charge is 0.253 e. The average molecular weight is 439 g/mol. The van der Waals surface area contributed by atoms with Crippen molar-refractivity contribution in [3.8, 4) is 0 Å². The molecule has 6 heteroatoms. The van der Waals surface area contributed by atoms with E-state index in [1.807, 2.05) is 79.4 Å². The minimum absolute atomic E-state index is 0.0156. The Balaban J connectivity index is 1.42. The zero-order valence-corrected chi connectivity index (χ0v) is 18.8. The van der Waals surface area contributed by atoms with Crippen molar-refractivity contribution in [2.75, 3.05) is 13.1 Å². The van der Waals surface area contributed by atoms with Crippen LogP contribution in [0.4, 0.5) is 0 Å². The molecule has 0 unspecified atom stereocenters. The molecule has 1 atom stereocenters. The highest BCUT2D eigenvalue weighted by Crippen LogP contribution is 2.30. The van der Waals surface area contributed by atoms with Crippen LogP contribution in [0.25, 0.3) is 21.8 Å². The fourth-order valence-electron chi connectivity index (χ4n) is 4.51. The molecule has 1 aliphatic rings. The number of benzene rings is 2. The Morgan fingerprint density at radius 3 is 2.73 bits per heavy atom. The SMILES string of the molecule is CC(C)NC(=O)c1cc([C@@H]2CCN(C(=O)c3ccc4ncccc4c3)C2)nc2ccccc12. The maximum absolute atomic E-state index is 13.2. The molecule has 4 aromatic rings. The number of amides is 2. The Morgan fingerprint density at radius 1 is 1.03 bits per heavy atom. The number of likely N-dealkylation sites (tertiary alicyclic amines) is 1. The third-order valence-corrected chi connectivity index (χ3v) is 6.14. The van der Waals surface area contributed by atoms with Crippen molar-refractivity contribution < 1.29 is 9.59 Å². The standard InChI is InChI=1S/C27H26N4O2/c1-17(2)29-26(32)22-15-25(30-24-8-4-3-7-21(22)24)20-11-13-31(16-20)27(33)19-9-10-23-18(14-19)6-5-12-28-23/h3-10,12,14-15,17,20H,11,13,16H2,1-2H3,(H,29,32)/t20-/m1/s1. The van der Waals surface area contributed by atoms with E-state index in [1.54, 1.807) is 6.20 Å². The molecule has 0 bridgehead atoms. The first-order valence-corrected chi connectivity index (χ1v) is 11.3. The molecule has 0 saturated carbocycles. The van der Waals surface area contributed by atoms with Crippen LogP contribution in [0, 0.1) is 0 Å². The summed E-state index contributed by atoms with van der Waals surface area (Å²) < 4.78 is 0. The van der Waals surface area contributed by atoms with Gasteiger partial charge in [-0.2, -0.15) is 0 Å². The van der Waals surface area contributed by atoms with Gasteiger partial charge in [-0.25, -0.2) is 0 Å². The Kier molecular flexibility index (Phi) is 5.50. The maximum Gasteiger partial charge on any atom is 0.253 e. The van der Waals surface area contributed by atoms with Crippen LogP contribution in [0.15, 0.2) is 66.9 Å². The molecule has 0 spiro atoms. The number of carbonyl (C=O) groups excluding carboxylic acids is 2. The molecule has 0 aliphatic carbocycles. The van der Waals surface area contributed by atoms with Gasteiger partial charge in [0.15, 0.2) is 0 Å². The maximum atomic E-state index is 13.2. The van der Waals surface area contributed by atoms with Crippen molar-refractivity contribution in [1.29, 1.82) is 0 Å². The topological polar surface area (TPSA) is 75.2 Å². The Morgan fingerprint density at radius 2 is 1.88 bits per heavy atom. The fourth-order valence-corrected chi connectivity index (χ4v) is 4.51. The van der Waals surface area contributed by atoms with E-state index in [0.717, 1.165) is 33.9 Å². The highest BCUT2D eigenvalue weighted by atomic mass is 16.2. The zero-order chi connectivity index (χ0) is 22.9. The lowest BCUT2D eigenvalue weighted by atomic mass is 9.99. The van der Waals surface area contributed by atoms with Crippen molar-refractivity contribution in [3.05, 3.63) is 83.7 Å². The van der Waals surface area contributed by atoms with Crippen molar-refractivity contribution in [2.45, 2.75) is 32.2 Å². The van der Waals surface area contributed by atoms with E-state index >= 15 is 0 Å². The number of aromatic nitrogens is 2. The van der Waals surface area contributed by atoms with Crippen LogP contribution in [0.1, 0.15) is 52.6 Å². The number of pyridine rings is 2. The van der Waals surface area contributed by atoms with E-state index in [-0.39, 0.29) is 23.8 Å². The summed E-state index contributed by atoms with van der Waals surface area (Å²) in [6, 6.07) is 19.1. The van der Waals surface area contributed by atoms with Gasteiger partial charge in [-0.15, -0.1) is 0 Å².